The Kier molecular flexibility index (Phi) is 4.98. The molecule has 0 aliphatic rings. The van der Waals surface area contributed by atoms with E-state index in [1.54, 1.807) is 19.1 Å². The number of nitrogen functional groups attached to an aromatic ring is 1. The zero-order valence-corrected chi connectivity index (χ0v) is 13.2. The number of anilines is 1. The Hall–Kier alpha value is -1.07. The Balaban J connectivity index is 3.38. The Morgan fingerprint density at radius 1 is 1.26 bits per heavy atom. The molecule has 0 saturated carbocycles. The van der Waals surface area contributed by atoms with Crippen LogP contribution in [-0.2, 0) is 10.0 Å². The number of aryl methyl sites for hydroxylation is 1. The third-order valence-electron chi connectivity index (χ3n) is 3.16. The van der Waals surface area contributed by atoms with Crippen LogP contribution >= 0.6 is 0 Å². The molecule has 0 fully saturated rings. The molecule has 1 aromatic rings. The fourth-order valence-electron chi connectivity index (χ4n) is 2.17. The van der Waals surface area contributed by atoms with Gasteiger partial charge in [-0.1, -0.05) is 26.8 Å². The van der Waals surface area contributed by atoms with E-state index in [1.807, 2.05) is 27.7 Å². The first kappa shape index (κ1) is 16.0. The monoisotopic (exact) mass is 284 g/mol. The summed E-state index contributed by atoms with van der Waals surface area (Å²) in [7, 11) is -3.48. The summed E-state index contributed by atoms with van der Waals surface area (Å²) in [6.07, 6.45) is 0. The zero-order chi connectivity index (χ0) is 14.8. The van der Waals surface area contributed by atoms with E-state index in [0.717, 1.165) is 5.56 Å². The Morgan fingerprint density at radius 3 is 2.32 bits per heavy atom. The van der Waals surface area contributed by atoms with Gasteiger partial charge in [-0.25, -0.2) is 8.42 Å². The molecule has 0 radical (unpaired) electrons. The van der Waals surface area contributed by atoms with E-state index in [0.29, 0.717) is 29.2 Å². The van der Waals surface area contributed by atoms with Crippen molar-refractivity contribution in [3.63, 3.8) is 0 Å². The minimum atomic E-state index is -3.48. The highest BCUT2D eigenvalue weighted by Gasteiger charge is 2.27. The standard InChI is InChI=1S/C14H24N2O2S/c1-6-16(9-10(2)3)19(17,18)14-11(4)7-8-13(15)12(14)5/h7-8,10H,6,9,15H2,1-5H3. The van der Waals surface area contributed by atoms with Crippen LogP contribution < -0.4 is 5.73 Å². The molecule has 0 aliphatic heterocycles. The second kappa shape index (κ2) is 5.92. The summed E-state index contributed by atoms with van der Waals surface area (Å²) in [6, 6.07) is 3.51. The smallest absolute Gasteiger partial charge is 0.243 e. The van der Waals surface area contributed by atoms with Gasteiger partial charge in [-0.3, -0.25) is 0 Å². The number of nitrogens with zero attached hydrogens (tertiary/aromatic N) is 1. The maximum Gasteiger partial charge on any atom is 0.243 e. The number of nitrogens with two attached hydrogens (primary N) is 1. The van der Waals surface area contributed by atoms with Crippen LogP contribution in [0.2, 0.25) is 0 Å². The van der Waals surface area contributed by atoms with E-state index in [2.05, 4.69) is 0 Å². The van der Waals surface area contributed by atoms with Gasteiger partial charge in [0, 0.05) is 18.8 Å². The summed E-state index contributed by atoms with van der Waals surface area (Å²) < 4.78 is 27.0. The highest BCUT2D eigenvalue weighted by atomic mass is 32.2. The first-order valence-electron chi connectivity index (χ1n) is 6.57. The minimum absolute atomic E-state index is 0.288. The molecule has 0 unspecified atom stereocenters. The fraction of sp³-hybridized carbons (Fsp3) is 0.571. The van der Waals surface area contributed by atoms with Gasteiger partial charge in [0.25, 0.3) is 0 Å². The quantitative estimate of drug-likeness (QED) is 0.845. The first-order valence-corrected chi connectivity index (χ1v) is 8.01. The van der Waals surface area contributed by atoms with Crippen molar-refractivity contribution in [3.05, 3.63) is 23.3 Å². The van der Waals surface area contributed by atoms with Crippen molar-refractivity contribution in [1.82, 2.24) is 4.31 Å². The third kappa shape index (κ3) is 3.28. The van der Waals surface area contributed by atoms with Crippen molar-refractivity contribution < 1.29 is 8.42 Å². The number of hydrogen-bond acceptors (Lipinski definition) is 3. The molecule has 0 heterocycles. The van der Waals surface area contributed by atoms with Gasteiger partial charge in [-0.15, -0.1) is 0 Å². The van der Waals surface area contributed by atoms with Crippen LogP contribution in [0.15, 0.2) is 17.0 Å². The highest BCUT2D eigenvalue weighted by molar-refractivity contribution is 7.89. The molecular weight excluding hydrogens is 260 g/mol. The Labute approximate surface area is 116 Å². The third-order valence-corrected chi connectivity index (χ3v) is 5.40. The highest BCUT2D eigenvalue weighted by Crippen LogP contribution is 2.27. The number of hydrogen-bond donors (Lipinski definition) is 1. The van der Waals surface area contributed by atoms with E-state index in [1.165, 1.54) is 4.31 Å². The van der Waals surface area contributed by atoms with Gasteiger partial charge in [0.2, 0.25) is 10.0 Å². The molecule has 0 bridgehead atoms. The van der Waals surface area contributed by atoms with E-state index >= 15 is 0 Å². The van der Waals surface area contributed by atoms with Crippen LogP contribution in [0.25, 0.3) is 0 Å². The molecule has 0 atom stereocenters. The molecule has 1 rings (SSSR count). The summed E-state index contributed by atoms with van der Waals surface area (Å²) in [6.45, 7) is 10.4. The van der Waals surface area contributed by atoms with Gasteiger partial charge in [-0.05, 0) is 37.0 Å². The lowest BCUT2D eigenvalue weighted by Gasteiger charge is -2.24. The molecule has 108 valence electrons. The van der Waals surface area contributed by atoms with Crippen molar-refractivity contribution in [3.8, 4) is 0 Å². The molecule has 0 amide bonds. The first-order chi connectivity index (χ1) is 8.71. The average molecular weight is 284 g/mol. The van der Waals surface area contributed by atoms with Crippen LogP contribution in [0.5, 0.6) is 0 Å². The van der Waals surface area contributed by atoms with Gasteiger partial charge in [0.15, 0.2) is 0 Å². The zero-order valence-electron chi connectivity index (χ0n) is 12.4. The van der Waals surface area contributed by atoms with Crippen molar-refractivity contribution in [1.29, 1.82) is 0 Å². The van der Waals surface area contributed by atoms with Crippen molar-refractivity contribution in [2.24, 2.45) is 5.92 Å². The lowest BCUT2D eigenvalue weighted by Crippen LogP contribution is -2.35. The molecule has 0 aromatic heterocycles. The molecule has 2 N–H and O–H groups in total. The van der Waals surface area contributed by atoms with Gasteiger partial charge < -0.3 is 5.73 Å². The molecule has 4 nitrogen and oxygen atoms in total. The van der Waals surface area contributed by atoms with E-state index < -0.39 is 10.0 Å². The molecule has 0 saturated heterocycles. The van der Waals surface area contributed by atoms with Crippen LogP contribution in [0.4, 0.5) is 5.69 Å². The van der Waals surface area contributed by atoms with Crippen LogP contribution in [0.1, 0.15) is 31.9 Å². The van der Waals surface area contributed by atoms with Crippen LogP contribution in [-0.4, -0.2) is 25.8 Å². The Morgan fingerprint density at radius 2 is 1.84 bits per heavy atom. The molecule has 0 spiro atoms. The average Bonchev–Trinajstić information content (AvgIpc) is 2.30. The summed E-state index contributed by atoms with van der Waals surface area (Å²) >= 11 is 0. The van der Waals surface area contributed by atoms with Gasteiger partial charge >= 0.3 is 0 Å². The summed E-state index contributed by atoms with van der Waals surface area (Å²) in [5.41, 5.74) is 7.75. The van der Waals surface area contributed by atoms with Crippen molar-refractivity contribution in [2.45, 2.75) is 39.5 Å². The summed E-state index contributed by atoms with van der Waals surface area (Å²) in [5, 5.41) is 0. The number of benzene rings is 1. The lowest BCUT2D eigenvalue weighted by molar-refractivity contribution is 0.380. The van der Waals surface area contributed by atoms with Crippen molar-refractivity contribution in [2.75, 3.05) is 18.8 Å². The number of sulfonamides is 1. The molecular formula is C14H24N2O2S. The molecule has 1 aromatic carbocycles. The van der Waals surface area contributed by atoms with Gasteiger partial charge in [0.05, 0.1) is 4.90 Å². The van der Waals surface area contributed by atoms with Gasteiger partial charge in [-0.2, -0.15) is 4.31 Å². The van der Waals surface area contributed by atoms with Crippen LogP contribution in [0, 0.1) is 19.8 Å². The second-order valence-corrected chi connectivity index (χ2v) is 7.15. The van der Waals surface area contributed by atoms with Crippen LogP contribution in [0.3, 0.4) is 0 Å². The Bertz CT molecular complexity index is 551. The van der Waals surface area contributed by atoms with E-state index in [4.69, 9.17) is 5.73 Å². The maximum atomic E-state index is 12.8. The summed E-state index contributed by atoms with van der Waals surface area (Å²) in [5.74, 6) is 0.288. The predicted octanol–water partition coefficient (Wildman–Crippen LogP) is 2.55. The maximum absolute atomic E-state index is 12.8. The molecule has 5 heteroatoms. The second-order valence-electron chi connectivity index (χ2n) is 5.28. The molecule has 0 aliphatic carbocycles. The SMILES string of the molecule is CCN(CC(C)C)S(=O)(=O)c1c(C)ccc(N)c1C. The van der Waals surface area contributed by atoms with E-state index in [9.17, 15) is 8.42 Å². The normalized spacial score (nSPS) is 12.4. The van der Waals surface area contributed by atoms with Crippen molar-refractivity contribution >= 4 is 15.7 Å². The molecule has 19 heavy (non-hydrogen) atoms. The van der Waals surface area contributed by atoms with Gasteiger partial charge in [0.1, 0.15) is 0 Å². The predicted molar refractivity (Wildman–Crippen MR) is 79.6 cm³/mol. The lowest BCUT2D eigenvalue weighted by atomic mass is 10.1. The number of rotatable bonds is 5. The fourth-order valence-corrected chi connectivity index (χ4v) is 4.24. The minimum Gasteiger partial charge on any atom is -0.398 e. The summed E-state index contributed by atoms with van der Waals surface area (Å²) in [4.78, 5) is 0.356. The largest absolute Gasteiger partial charge is 0.398 e. The topological polar surface area (TPSA) is 63.4 Å². The van der Waals surface area contributed by atoms with E-state index in [-0.39, 0.29) is 5.92 Å².